The third-order valence-corrected chi connectivity index (χ3v) is 4.36. The molecule has 1 aliphatic rings. The van der Waals surface area contributed by atoms with E-state index in [-0.39, 0.29) is 22.7 Å². The van der Waals surface area contributed by atoms with Crippen LogP contribution in [0.15, 0.2) is 30.5 Å². The van der Waals surface area contributed by atoms with E-state index in [0.29, 0.717) is 12.5 Å². The number of rotatable bonds is 6. The molecular formula is C19H23ClN4O2. The molecule has 2 aromatic rings. The number of amides is 1. The topological polar surface area (TPSA) is 67.3 Å². The minimum absolute atomic E-state index is 0.130. The van der Waals surface area contributed by atoms with Crippen LogP contribution in [0.5, 0.6) is 5.75 Å². The first-order chi connectivity index (χ1) is 12.5. The molecule has 1 amide bonds. The van der Waals surface area contributed by atoms with E-state index in [0.717, 1.165) is 37.2 Å². The predicted molar refractivity (Wildman–Crippen MR) is 102 cm³/mol. The molecule has 1 saturated heterocycles. The molecule has 26 heavy (non-hydrogen) atoms. The number of benzene rings is 1. The fourth-order valence-corrected chi connectivity index (χ4v) is 2.99. The summed E-state index contributed by atoms with van der Waals surface area (Å²) in [7, 11) is 0. The lowest BCUT2D eigenvalue weighted by Crippen LogP contribution is -2.26. The van der Waals surface area contributed by atoms with Gasteiger partial charge in [-0.1, -0.05) is 23.7 Å². The van der Waals surface area contributed by atoms with Crippen LogP contribution in [0.2, 0.25) is 5.02 Å². The molecule has 1 aromatic carbocycles. The molecule has 1 aliphatic heterocycles. The largest absolute Gasteiger partial charge is 0.491 e. The number of hydrogen-bond donors (Lipinski definition) is 1. The van der Waals surface area contributed by atoms with E-state index in [4.69, 9.17) is 16.3 Å². The summed E-state index contributed by atoms with van der Waals surface area (Å²) in [6.07, 6.45) is 3.86. The quantitative estimate of drug-likeness (QED) is 0.838. The Morgan fingerprint density at radius 3 is 2.62 bits per heavy atom. The van der Waals surface area contributed by atoms with Crippen molar-refractivity contribution in [3.63, 3.8) is 0 Å². The Bertz CT molecular complexity index is 759. The first-order valence-electron chi connectivity index (χ1n) is 8.84. The lowest BCUT2D eigenvalue weighted by molar-refractivity contribution is 0.0946. The summed E-state index contributed by atoms with van der Waals surface area (Å²) in [4.78, 5) is 23.2. The first kappa shape index (κ1) is 18.5. The van der Waals surface area contributed by atoms with E-state index < -0.39 is 0 Å². The molecule has 1 N–H and O–H groups in total. The van der Waals surface area contributed by atoms with Gasteiger partial charge in [-0.05, 0) is 44.4 Å². The number of carbonyl (C=O) groups excluding carboxylic acids is 1. The summed E-state index contributed by atoms with van der Waals surface area (Å²) in [6.45, 7) is 6.17. The van der Waals surface area contributed by atoms with Gasteiger partial charge in [0.1, 0.15) is 5.75 Å². The van der Waals surface area contributed by atoms with Crippen molar-refractivity contribution in [2.24, 2.45) is 0 Å². The van der Waals surface area contributed by atoms with E-state index in [1.807, 2.05) is 38.1 Å². The Labute approximate surface area is 158 Å². The number of hydrogen-bond acceptors (Lipinski definition) is 5. The maximum Gasteiger partial charge on any atom is 0.271 e. The molecule has 0 aliphatic carbocycles. The number of ether oxygens (including phenoxy) is 1. The number of aromatic nitrogens is 2. The third-order valence-electron chi connectivity index (χ3n) is 4.08. The Morgan fingerprint density at radius 2 is 1.96 bits per heavy atom. The Morgan fingerprint density at radius 1 is 1.27 bits per heavy atom. The molecule has 1 fully saturated rings. The Balaban J connectivity index is 1.63. The molecule has 2 heterocycles. The van der Waals surface area contributed by atoms with Crippen molar-refractivity contribution in [1.29, 1.82) is 0 Å². The molecule has 0 spiro atoms. The number of nitrogens with zero attached hydrogens (tertiary/aromatic N) is 3. The van der Waals surface area contributed by atoms with E-state index in [1.165, 1.54) is 6.20 Å². The highest BCUT2D eigenvalue weighted by Gasteiger charge is 2.19. The summed E-state index contributed by atoms with van der Waals surface area (Å²) < 4.78 is 5.62. The molecule has 6 nitrogen and oxygen atoms in total. The predicted octanol–water partition coefficient (Wildman–Crippen LogP) is 3.45. The Kier molecular flexibility index (Phi) is 5.93. The highest BCUT2D eigenvalue weighted by molar-refractivity contribution is 6.33. The van der Waals surface area contributed by atoms with Gasteiger partial charge in [0.15, 0.2) is 5.69 Å². The summed E-state index contributed by atoms with van der Waals surface area (Å²) in [5.41, 5.74) is 1.18. The van der Waals surface area contributed by atoms with Gasteiger partial charge >= 0.3 is 0 Å². The van der Waals surface area contributed by atoms with E-state index >= 15 is 0 Å². The zero-order chi connectivity index (χ0) is 18.5. The van der Waals surface area contributed by atoms with Crippen LogP contribution < -0.4 is 15.0 Å². The van der Waals surface area contributed by atoms with Crippen LogP contribution in [0.3, 0.4) is 0 Å². The average molecular weight is 375 g/mol. The Hall–Kier alpha value is -2.34. The van der Waals surface area contributed by atoms with Crippen molar-refractivity contribution < 1.29 is 9.53 Å². The number of carbonyl (C=O) groups is 1. The van der Waals surface area contributed by atoms with Gasteiger partial charge in [0, 0.05) is 19.6 Å². The van der Waals surface area contributed by atoms with Gasteiger partial charge in [-0.3, -0.25) is 4.79 Å². The first-order valence-corrected chi connectivity index (χ1v) is 9.22. The van der Waals surface area contributed by atoms with Crippen LogP contribution in [0.1, 0.15) is 42.7 Å². The van der Waals surface area contributed by atoms with E-state index in [2.05, 4.69) is 20.2 Å². The van der Waals surface area contributed by atoms with Crippen LogP contribution >= 0.6 is 11.6 Å². The van der Waals surface area contributed by atoms with Gasteiger partial charge in [0.2, 0.25) is 5.95 Å². The summed E-state index contributed by atoms with van der Waals surface area (Å²) >= 11 is 6.13. The van der Waals surface area contributed by atoms with Crippen molar-refractivity contribution in [1.82, 2.24) is 15.3 Å². The van der Waals surface area contributed by atoms with Gasteiger partial charge < -0.3 is 15.0 Å². The molecule has 0 unspecified atom stereocenters. The van der Waals surface area contributed by atoms with Gasteiger partial charge in [0.05, 0.1) is 17.3 Å². The van der Waals surface area contributed by atoms with Gasteiger partial charge in [-0.25, -0.2) is 9.97 Å². The molecule has 0 bridgehead atoms. The monoisotopic (exact) mass is 374 g/mol. The van der Waals surface area contributed by atoms with Crippen LogP contribution in [-0.4, -0.2) is 35.1 Å². The second-order valence-electron chi connectivity index (χ2n) is 6.55. The van der Waals surface area contributed by atoms with Crippen molar-refractivity contribution >= 4 is 23.5 Å². The molecule has 138 valence electrons. The zero-order valence-corrected chi connectivity index (χ0v) is 15.8. The zero-order valence-electron chi connectivity index (χ0n) is 15.0. The minimum atomic E-state index is -0.305. The molecular weight excluding hydrogens is 352 g/mol. The van der Waals surface area contributed by atoms with Crippen molar-refractivity contribution in [2.75, 3.05) is 18.0 Å². The number of anilines is 1. The second kappa shape index (κ2) is 8.36. The molecule has 7 heteroatoms. The highest BCUT2D eigenvalue weighted by Crippen LogP contribution is 2.20. The number of nitrogens with one attached hydrogen (secondary N) is 1. The molecule has 0 atom stereocenters. The van der Waals surface area contributed by atoms with Gasteiger partial charge in [-0.2, -0.15) is 0 Å². The molecule has 1 aromatic heterocycles. The van der Waals surface area contributed by atoms with Crippen molar-refractivity contribution in [2.45, 2.75) is 39.3 Å². The number of halogens is 1. The van der Waals surface area contributed by atoms with Gasteiger partial charge in [0.25, 0.3) is 5.91 Å². The standard InChI is InChI=1S/C19H23ClN4O2/c1-13(2)26-15-7-5-14(6-8-15)11-21-18(25)17-16(20)12-22-19(23-17)24-9-3-4-10-24/h5-8,12-13H,3-4,9-11H2,1-2H3,(H,21,25). The van der Waals surface area contributed by atoms with Crippen molar-refractivity contribution in [3.05, 3.63) is 46.7 Å². The third kappa shape index (κ3) is 4.64. The average Bonchev–Trinajstić information content (AvgIpc) is 3.15. The lowest BCUT2D eigenvalue weighted by atomic mass is 10.2. The SMILES string of the molecule is CC(C)Oc1ccc(CNC(=O)c2nc(N3CCCC3)ncc2Cl)cc1. The summed E-state index contributed by atoms with van der Waals surface area (Å²) in [6, 6.07) is 7.64. The normalized spacial score (nSPS) is 13.9. The van der Waals surface area contributed by atoms with Crippen LogP contribution in [-0.2, 0) is 6.54 Å². The van der Waals surface area contributed by atoms with E-state index in [9.17, 15) is 4.79 Å². The maximum absolute atomic E-state index is 12.5. The summed E-state index contributed by atoms with van der Waals surface area (Å²) in [5, 5.41) is 3.12. The second-order valence-corrected chi connectivity index (χ2v) is 6.96. The fraction of sp³-hybridized carbons (Fsp3) is 0.421. The molecule has 3 rings (SSSR count). The minimum Gasteiger partial charge on any atom is -0.491 e. The fourth-order valence-electron chi connectivity index (χ4n) is 2.81. The lowest BCUT2D eigenvalue weighted by Gasteiger charge is -2.16. The summed E-state index contributed by atoms with van der Waals surface area (Å²) in [5.74, 6) is 1.07. The maximum atomic E-state index is 12.5. The highest BCUT2D eigenvalue weighted by atomic mass is 35.5. The van der Waals surface area contributed by atoms with Crippen LogP contribution in [0.4, 0.5) is 5.95 Å². The van der Waals surface area contributed by atoms with E-state index in [1.54, 1.807) is 0 Å². The molecule has 0 saturated carbocycles. The van der Waals surface area contributed by atoms with Crippen LogP contribution in [0, 0.1) is 0 Å². The van der Waals surface area contributed by atoms with Gasteiger partial charge in [-0.15, -0.1) is 0 Å². The van der Waals surface area contributed by atoms with Crippen molar-refractivity contribution in [3.8, 4) is 5.75 Å². The molecule has 0 radical (unpaired) electrons. The van der Waals surface area contributed by atoms with Crippen LogP contribution in [0.25, 0.3) is 0 Å². The smallest absolute Gasteiger partial charge is 0.271 e.